The molecule has 0 bridgehead atoms. The van der Waals surface area contributed by atoms with Crippen molar-refractivity contribution in [1.82, 2.24) is 29.4 Å². The Bertz CT molecular complexity index is 869. The number of amides is 1. The SMILES string of the molecule is CCn1c(CC2CCN(C(=O)c3n[nH]c4c3CCC4)CC2)nn(C)c1=O. The molecule has 2 aromatic rings. The summed E-state index contributed by atoms with van der Waals surface area (Å²) in [6, 6.07) is 0. The van der Waals surface area contributed by atoms with E-state index >= 15 is 0 Å². The van der Waals surface area contributed by atoms with Crippen molar-refractivity contribution in [3.05, 3.63) is 33.3 Å². The second-order valence-electron chi connectivity index (χ2n) is 7.39. The maximum atomic E-state index is 12.8. The summed E-state index contributed by atoms with van der Waals surface area (Å²) in [5, 5.41) is 11.7. The molecule has 26 heavy (non-hydrogen) atoms. The van der Waals surface area contributed by atoms with Gasteiger partial charge in [-0.15, -0.1) is 0 Å². The maximum Gasteiger partial charge on any atom is 0.345 e. The van der Waals surface area contributed by atoms with Crippen molar-refractivity contribution in [3.63, 3.8) is 0 Å². The first-order chi connectivity index (χ1) is 12.6. The van der Waals surface area contributed by atoms with Gasteiger partial charge in [-0.25, -0.2) is 9.48 Å². The molecular formula is C18H26N6O2. The molecule has 0 saturated carbocycles. The van der Waals surface area contributed by atoms with Crippen LogP contribution in [0.1, 0.15) is 53.8 Å². The van der Waals surface area contributed by atoms with Gasteiger partial charge in [0.1, 0.15) is 5.82 Å². The van der Waals surface area contributed by atoms with Crippen LogP contribution in [-0.4, -0.2) is 48.4 Å². The first kappa shape index (κ1) is 17.1. The molecule has 2 aliphatic rings. The number of aryl methyl sites for hydroxylation is 2. The summed E-state index contributed by atoms with van der Waals surface area (Å²) in [5.41, 5.74) is 2.83. The Labute approximate surface area is 152 Å². The molecule has 3 heterocycles. The minimum Gasteiger partial charge on any atom is -0.337 e. The third kappa shape index (κ3) is 2.87. The number of hydrogen-bond donors (Lipinski definition) is 1. The first-order valence-electron chi connectivity index (χ1n) is 9.56. The summed E-state index contributed by atoms with van der Waals surface area (Å²) < 4.78 is 3.15. The van der Waals surface area contributed by atoms with E-state index in [0.717, 1.165) is 68.7 Å². The molecule has 0 atom stereocenters. The van der Waals surface area contributed by atoms with Gasteiger partial charge in [0.15, 0.2) is 5.69 Å². The van der Waals surface area contributed by atoms with Crippen LogP contribution in [0.15, 0.2) is 4.79 Å². The molecule has 1 saturated heterocycles. The molecule has 1 aliphatic carbocycles. The number of carbonyl (C=O) groups is 1. The van der Waals surface area contributed by atoms with Crippen LogP contribution in [0.3, 0.4) is 0 Å². The van der Waals surface area contributed by atoms with Gasteiger partial charge in [-0.05, 0) is 44.9 Å². The molecular weight excluding hydrogens is 332 g/mol. The van der Waals surface area contributed by atoms with Gasteiger partial charge < -0.3 is 4.90 Å². The first-order valence-corrected chi connectivity index (χ1v) is 9.56. The van der Waals surface area contributed by atoms with Crippen molar-refractivity contribution in [3.8, 4) is 0 Å². The topological polar surface area (TPSA) is 88.8 Å². The summed E-state index contributed by atoms with van der Waals surface area (Å²) >= 11 is 0. The molecule has 0 spiro atoms. The van der Waals surface area contributed by atoms with E-state index in [-0.39, 0.29) is 11.6 Å². The van der Waals surface area contributed by atoms with E-state index in [9.17, 15) is 9.59 Å². The lowest BCUT2D eigenvalue weighted by Gasteiger charge is -2.31. The van der Waals surface area contributed by atoms with E-state index in [1.54, 1.807) is 11.6 Å². The molecule has 0 aromatic carbocycles. The van der Waals surface area contributed by atoms with E-state index in [2.05, 4.69) is 15.3 Å². The molecule has 0 unspecified atom stereocenters. The molecule has 1 fully saturated rings. The molecule has 140 valence electrons. The number of rotatable bonds is 4. The predicted molar refractivity (Wildman–Crippen MR) is 96.1 cm³/mol. The monoisotopic (exact) mass is 358 g/mol. The van der Waals surface area contributed by atoms with Crippen molar-refractivity contribution in [2.24, 2.45) is 13.0 Å². The van der Waals surface area contributed by atoms with Crippen LogP contribution in [0.5, 0.6) is 0 Å². The largest absolute Gasteiger partial charge is 0.345 e. The summed E-state index contributed by atoms with van der Waals surface area (Å²) in [4.78, 5) is 26.8. The minimum absolute atomic E-state index is 0.0532. The number of aromatic nitrogens is 5. The zero-order valence-corrected chi connectivity index (χ0v) is 15.5. The number of hydrogen-bond acceptors (Lipinski definition) is 4. The Balaban J connectivity index is 1.39. The smallest absolute Gasteiger partial charge is 0.337 e. The summed E-state index contributed by atoms with van der Waals surface area (Å²) in [5.74, 6) is 1.37. The molecule has 1 N–H and O–H groups in total. The zero-order valence-electron chi connectivity index (χ0n) is 15.5. The summed E-state index contributed by atoms with van der Waals surface area (Å²) in [7, 11) is 1.70. The molecule has 2 aromatic heterocycles. The van der Waals surface area contributed by atoms with Crippen LogP contribution < -0.4 is 5.69 Å². The van der Waals surface area contributed by atoms with Crippen LogP contribution in [0, 0.1) is 5.92 Å². The predicted octanol–water partition coefficient (Wildman–Crippen LogP) is 0.908. The van der Waals surface area contributed by atoms with Gasteiger partial charge in [0.05, 0.1) is 0 Å². The highest BCUT2D eigenvalue weighted by atomic mass is 16.2. The highest BCUT2D eigenvalue weighted by Gasteiger charge is 2.30. The van der Waals surface area contributed by atoms with E-state index in [4.69, 9.17) is 0 Å². The van der Waals surface area contributed by atoms with Crippen molar-refractivity contribution in [2.75, 3.05) is 13.1 Å². The van der Waals surface area contributed by atoms with Crippen LogP contribution in [0.4, 0.5) is 0 Å². The van der Waals surface area contributed by atoms with Crippen molar-refractivity contribution >= 4 is 5.91 Å². The molecule has 8 heteroatoms. The Morgan fingerprint density at radius 1 is 1.27 bits per heavy atom. The summed E-state index contributed by atoms with van der Waals surface area (Å²) in [6.45, 7) is 4.10. The standard InChI is InChI=1S/C18H26N6O2/c1-3-24-15(21-22(2)18(24)26)11-12-7-9-23(10-8-12)17(25)16-13-5-4-6-14(13)19-20-16/h12H,3-11H2,1-2H3,(H,19,20). The molecule has 1 aliphatic heterocycles. The normalized spacial score (nSPS) is 17.7. The van der Waals surface area contributed by atoms with Gasteiger partial charge in [0, 0.05) is 44.4 Å². The van der Waals surface area contributed by atoms with E-state index < -0.39 is 0 Å². The number of H-pyrrole nitrogens is 1. The average molecular weight is 358 g/mol. The fourth-order valence-corrected chi connectivity index (χ4v) is 4.27. The molecule has 4 rings (SSSR count). The third-order valence-electron chi connectivity index (χ3n) is 5.78. The van der Waals surface area contributed by atoms with Gasteiger partial charge in [0.2, 0.25) is 0 Å². The van der Waals surface area contributed by atoms with Gasteiger partial charge in [-0.2, -0.15) is 10.2 Å². The number of nitrogens with one attached hydrogen (secondary N) is 1. The number of piperidine rings is 1. The lowest BCUT2D eigenvalue weighted by atomic mass is 9.93. The van der Waals surface area contributed by atoms with Crippen molar-refractivity contribution in [2.45, 2.75) is 52.0 Å². The second kappa shape index (κ2) is 6.74. The Morgan fingerprint density at radius 3 is 2.77 bits per heavy atom. The fourth-order valence-electron chi connectivity index (χ4n) is 4.27. The lowest BCUT2D eigenvalue weighted by Crippen LogP contribution is -2.39. The molecule has 1 amide bonds. The maximum absolute atomic E-state index is 12.8. The number of fused-ring (bicyclic) bond motifs is 1. The fraction of sp³-hybridized carbons (Fsp3) is 0.667. The lowest BCUT2D eigenvalue weighted by molar-refractivity contribution is 0.0682. The van der Waals surface area contributed by atoms with E-state index in [0.29, 0.717) is 18.2 Å². The number of aromatic amines is 1. The van der Waals surface area contributed by atoms with E-state index in [1.807, 2.05) is 11.8 Å². The van der Waals surface area contributed by atoms with Gasteiger partial charge in [0.25, 0.3) is 5.91 Å². The van der Waals surface area contributed by atoms with Gasteiger partial charge >= 0.3 is 5.69 Å². The number of likely N-dealkylation sites (tertiary alicyclic amines) is 1. The van der Waals surface area contributed by atoms with Crippen molar-refractivity contribution in [1.29, 1.82) is 0 Å². The Morgan fingerprint density at radius 2 is 2.04 bits per heavy atom. The van der Waals surface area contributed by atoms with Crippen LogP contribution in [-0.2, 0) is 32.9 Å². The van der Waals surface area contributed by atoms with Crippen LogP contribution in [0.25, 0.3) is 0 Å². The summed E-state index contributed by atoms with van der Waals surface area (Å²) in [6.07, 6.45) is 5.73. The van der Waals surface area contributed by atoms with Crippen LogP contribution in [0.2, 0.25) is 0 Å². The average Bonchev–Trinajstić information content (AvgIpc) is 3.31. The van der Waals surface area contributed by atoms with Gasteiger partial charge in [-0.1, -0.05) is 0 Å². The Hall–Kier alpha value is -2.38. The van der Waals surface area contributed by atoms with E-state index in [1.165, 1.54) is 4.68 Å². The second-order valence-corrected chi connectivity index (χ2v) is 7.39. The molecule has 8 nitrogen and oxygen atoms in total. The number of nitrogens with zero attached hydrogens (tertiary/aromatic N) is 5. The van der Waals surface area contributed by atoms with Gasteiger partial charge in [-0.3, -0.25) is 14.5 Å². The molecule has 0 radical (unpaired) electrons. The highest BCUT2D eigenvalue weighted by Crippen LogP contribution is 2.26. The third-order valence-corrected chi connectivity index (χ3v) is 5.78. The van der Waals surface area contributed by atoms with Crippen molar-refractivity contribution < 1.29 is 4.79 Å². The minimum atomic E-state index is -0.0532. The Kier molecular flexibility index (Phi) is 4.42. The zero-order chi connectivity index (χ0) is 18.3. The quantitative estimate of drug-likeness (QED) is 0.880. The highest BCUT2D eigenvalue weighted by molar-refractivity contribution is 5.94. The van der Waals surface area contributed by atoms with Crippen LogP contribution >= 0.6 is 0 Å². The number of carbonyl (C=O) groups excluding carboxylic acids is 1.